The van der Waals surface area contributed by atoms with Gasteiger partial charge in [0.05, 0.1) is 0 Å². The third kappa shape index (κ3) is 4.78. The van der Waals surface area contributed by atoms with E-state index >= 15 is 0 Å². The van der Waals surface area contributed by atoms with Crippen LogP contribution in [0.1, 0.15) is 44.6 Å². The average Bonchev–Trinajstić information content (AvgIpc) is 3.26. The lowest BCUT2D eigenvalue weighted by Gasteiger charge is -2.25. The number of fused-ring (bicyclic) bond motifs is 1. The number of amides is 1. The number of thiazole rings is 1. The predicted molar refractivity (Wildman–Crippen MR) is 134 cm³/mol. The van der Waals surface area contributed by atoms with Gasteiger partial charge in [0, 0.05) is 25.3 Å². The Kier molecular flexibility index (Phi) is 6.78. The van der Waals surface area contributed by atoms with Crippen molar-refractivity contribution in [3.8, 4) is 0 Å². The lowest BCUT2D eigenvalue weighted by Crippen LogP contribution is -2.41. The fraction of sp³-hybridized carbons (Fsp3) is 0.417. The highest BCUT2D eigenvalue weighted by Gasteiger charge is 2.22. The number of carbonyl (C=O) groups is 1. The molecule has 0 spiro atoms. The first kappa shape index (κ1) is 23.0. The number of rotatable bonds is 7. The van der Waals surface area contributed by atoms with Crippen molar-refractivity contribution in [3.63, 3.8) is 0 Å². The molecule has 33 heavy (non-hydrogen) atoms. The summed E-state index contributed by atoms with van der Waals surface area (Å²) in [7, 11) is 0. The number of anilines is 2. The second-order valence-corrected chi connectivity index (χ2v) is 9.57. The molecule has 9 heteroatoms. The largest absolute Gasteiger partial charge is 0.348 e. The van der Waals surface area contributed by atoms with Gasteiger partial charge in [-0.15, -0.1) is 6.58 Å². The smallest absolute Gasteiger partial charge is 0.333 e. The van der Waals surface area contributed by atoms with Crippen molar-refractivity contribution in [2.45, 2.75) is 52.1 Å². The lowest BCUT2D eigenvalue weighted by molar-refractivity contribution is -0.116. The second kappa shape index (κ2) is 9.74. The Balaban J connectivity index is 1.69. The van der Waals surface area contributed by atoms with Gasteiger partial charge in [-0.3, -0.25) is 18.7 Å². The SMILES string of the molecule is C=CCn1c(=O)c2sc(N3CCCCC3)nc2n(CC(=O)Nc2ccc(C(C)C)cc2)c1=O. The van der Waals surface area contributed by atoms with Gasteiger partial charge < -0.3 is 10.2 Å². The minimum absolute atomic E-state index is 0.0723. The van der Waals surface area contributed by atoms with Gasteiger partial charge in [0.25, 0.3) is 5.56 Å². The van der Waals surface area contributed by atoms with E-state index in [0.29, 0.717) is 16.3 Å². The van der Waals surface area contributed by atoms with Gasteiger partial charge >= 0.3 is 5.69 Å². The number of nitrogens with one attached hydrogen (secondary N) is 1. The van der Waals surface area contributed by atoms with E-state index in [2.05, 4.69) is 35.6 Å². The van der Waals surface area contributed by atoms with Crippen LogP contribution in [0.25, 0.3) is 10.3 Å². The minimum Gasteiger partial charge on any atom is -0.348 e. The zero-order chi connectivity index (χ0) is 23.5. The highest BCUT2D eigenvalue weighted by Crippen LogP contribution is 2.28. The van der Waals surface area contributed by atoms with Crippen molar-refractivity contribution in [1.82, 2.24) is 14.1 Å². The highest BCUT2D eigenvalue weighted by atomic mass is 32.1. The molecule has 1 aliphatic rings. The summed E-state index contributed by atoms with van der Waals surface area (Å²) >= 11 is 1.28. The summed E-state index contributed by atoms with van der Waals surface area (Å²) in [5, 5.41) is 3.56. The van der Waals surface area contributed by atoms with Crippen molar-refractivity contribution < 1.29 is 4.79 Å². The van der Waals surface area contributed by atoms with E-state index in [-0.39, 0.29) is 24.6 Å². The van der Waals surface area contributed by atoms with Gasteiger partial charge in [0.1, 0.15) is 11.2 Å². The van der Waals surface area contributed by atoms with Crippen molar-refractivity contribution in [2.75, 3.05) is 23.3 Å². The van der Waals surface area contributed by atoms with E-state index in [9.17, 15) is 14.4 Å². The van der Waals surface area contributed by atoms with Crippen LogP contribution < -0.4 is 21.5 Å². The topological polar surface area (TPSA) is 89.2 Å². The van der Waals surface area contributed by atoms with E-state index in [1.807, 2.05) is 24.3 Å². The third-order valence-electron chi connectivity index (χ3n) is 5.86. The summed E-state index contributed by atoms with van der Waals surface area (Å²) in [4.78, 5) is 45.8. The predicted octanol–water partition coefficient (Wildman–Crippen LogP) is 3.56. The van der Waals surface area contributed by atoms with E-state index < -0.39 is 11.2 Å². The van der Waals surface area contributed by atoms with Crippen LogP contribution in [0.5, 0.6) is 0 Å². The molecule has 174 valence electrons. The Bertz CT molecular complexity index is 1280. The summed E-state index contributed by atoms with van der Waals surface area (Å²) in [6.07, 6.45) is 4.82. The zero-order valence-corrected chi connectivity index (χ0v) is 19.9. The first-order chi connectivity index (χ1) is 15.9. The van der Waals surface area contributed by atoms with Gasteiger partial charge in [-0.1, -0.05) is 43.4 Å². The second-order valence-electron chi connectivity index (χ2n) is 8.59. The molecule has 1 N–H and O–H groups in total. The van der Waals surface area contributed by atoms with E-state index in [4.69, 9.17) is 0 Å². The molecule has 0 bridgehead atoms. The number of allylic oxidation sites excluding steroid dienone is 1. The van der Waals surface area contributed by atoms with E-state index in [0.717, 1.165) is 35.6 Å². The molecule has 3 heterocycles. The summed E-state index contributed by atoms with van der Waals surface area (Å²) in [6, 6.07) is 7.64. The van der Waals surface area contributed by atoms with Crippen LogP contribution in [0.2, 0.25) is 0 Å². The van der Waals surface area contributed by atoms with Crippen molar-refractivity contribution in [1.29, 1.82) is 0 Å². The maximum atomic E-state index is 13.1. The average molecular weight is 468 g/mol. The van der Waals surface area contributed by atoms with Crippen LogP contribution in [0.4, 0.5) is 10.8 Å². The van der Waals surface area contributed by atoms with Crippen LogP contribution in [-0.2, 0) is 17.9 Å². The Hall–Kier alpha value is -3.20. The Morgan fingerprint density at radius 1 is 1.15 bits per heavy atom. The molecule has 3 aromatic rings. The van der Waals surface area contributed by atoms with Crippen LogP contribution in [-0.4, -0.2) is 33.1 Å². The standard InChI is InChI=1S/C24H29N5O3S/c1-4-12-28-22(31)20-21(26-23(33-20)27-13-6-5-7-14-27)29(24(28)32)15-19(30)25-18-10-8-17(9-11-18)16(2)3/h4,8-11,16H,1,5-7,12-15H2,2-3H3,(H,25,30). The molecular weight excluding hydrogens is 438 g/mol. The van der Waals surface area contributed by atoms with Gasteiger partial charge in [0.15, 0.2) is 10.8 Å². The molecule has 4 rings (SSSR count). The molecule has 0 aliphatic carbocycles. The van der Waals surface area contributed by atoms with Crippen molar-refractivity contribution in [2.24, 2.45) is 0 Å². The summed E-state index contributed by atoms with van der Waals surface area (Å²) in [5.74, 6) is 0.0401. The molecular formula is C24H29N5O3S. The molecule has 1 aromatic carbocycles. The molecule has 2 aromatic heterocycles. The number of piperidine rings is 1. The summed E-state index contributed by atoms with van der Waals surface area (Å²) in [6.45, 7) is 9.45. The van der Waals surface area contributed by atoms with Gasteiger partial charge in [-0.2, -0.15) is 0 Å². The van der Waals surface area contributed by atoms with Crippen LogP contribution in [0.15, 0.2) is 46.5 Å². The molecule has 8 nitrogen and oxygen atoms in total. The van der Waals surface area contributed by atoms with Crippen LogP contribution in [0.3, 0.4) is 0 Å². The van der Waals surface area contributed by atoms with Gasteiger partial charge in [-0.25, -0.2) is 9.78 Å². The molecule has 1 fully saturated rings. The summed E-state index contributed by atoms with van der Waals surface area (Å²) < 4.78 is 2.78. The number of carbonyl (C=O) groups excluding carboxylic acids is 1. The fourth-order valence-corrected chi connectivity index (χ4v) is 5.09. The third-order valence-corrected chi connectivity index (χ3v) is 6.95. The maximum Gasteiger partial charge on any atom is 0.333 e. The van der Waals surface area contributed by atoms with Crippen molar-refractivity contribution >= 4 is 38.4 Å². The highest BCUT2D eigenvalue weighted by molar-refractivity contribution is 7.22. The quantitative estimate of drug-likeness (QED) is 0.537. The molecule has 0 radical (unpaired) electrons. The first-order valence-corrected chi connectivity index (χ1v) is 12.1. The van der Waals surface area contributed by atoms with Crippen LogP contribution in [0, 0.1) is 0 Å². The lowest BCUT2D eigenvalue weighted by atomic mass is 10.0. The fourth-order valence-electron chi connectivity index (χ4n) is 4.02. The van der Waals surface area contributed by atoms with E-state index in [1.165, 1.54) is 34.0 Å². The number of nitrogens with zero attached hydrogens (tertiary/aromatic N) is 4. The minimum atomic E-state index is -0.562. The van der Waals surface area contributed by atoms with Crippen molar-refractivity contribution in [3.05, 3.63) is 63.3 Å². The molecule has 1 amide bonds. The number of hydrogen-bond donors (Lipinski definition) is 1. The Morgan fingerprint density at radius 3 is 2.48 bits per heavy atom. The number of aromatic nitrogens is 3. The molecule has 0 saturated carbocycles. The van der Waals surface area contributed by atoms with Gasteiger partial charge in [0.2, 0.25) is 5.91 Å². The molecule has 1 aliphatic heterocycles. The Labute approximate surface area is 196 Å². The number of hydrogen-bond acceptors (Lipinski definition) is 6. The van der Waals surface area contributed by atoms with Gasteiger partial charge in [-0.05, 0) is 42.9 Å². The molecule has 0 unspecified atom stereocenters. The normalized spacial score (nSPS) is 14.1. The summed E-state index contributed by atoms with van der Waals surface area (Å²) in [5.41, 5.74) is 1.14. The zero-order valence-electron chi connectivity index (χ0n) is 19.0. The maximum absolute atomic E-state index is 13.1. The number of benzene rings is 1. The van der Waals surface area contributed by atoms with E-state index in [1.54, 1.807) is 0 Å². The first-order valence-electron chi connectivity index (χ1n) is 11.3. The monoisotopic (exact) mass is 467 g/mol. The molecule has 0 atom stereocenters. The van der Waals surface area contributed by atoms with Crippen LogP contribution >= 0.6 is 11.3 Å². The Morgan fingerprint density at radius 2 is 1.85 bits per heavy atom. The molecule has 1 saturated heterocycles.